The molecule has 32 heavy (non-hydrogen) atoms. The molecule has 1 fully saturated rings. The number of amides is 1. The zero-order valence-electron chi connectivity index (χ0n) is 16.8. The van der Waals surface area contributed by atoms with Crippen LogP contribution in [0.4, 0.5) is 10.2 Å². The van der Waals surface area contributed by atoms with E-state index in [2.05, 4.69) is 21.1 Å². The third-order valence-corrected chi connectivity index (χ3v) is 5.62. The molecule has 0 bridgehead atoms. The van der Waals surface area contributed by atoms with Crippen molar-refractivity contribution in [2.75, 3.05) is 12.0 Å². The SMILES string of the molecule is COc1cc(C2/C(=C(/O)c3ccc(F)cc3)C(=O)C(=O)N2c2cc(C)on2)cc(Br)c1O. The molecule has 1 saturated heterocycles. The maximum atomic E-state index is 13.4. The Bertz CT molecular complexity index is 1270. The van der Waals surface area contributed by atoms with Gasteiger partial charge in [-0.3, -0.25) is 14.5 Å². The number of aromatic hydroxyl groups is 1. The Balaban J connectivity index is 1.99. The number of benzene rings is 2. The number of nitrogens with zero attached hydrogens (tertiary/aromatic N) is 2. The number of aromatic nitrogens is 1. The molecule has 8 nitrogen and oxygen atoms in total. The van der Waals surface area contributed by atoms with Crippen LogP contribution in [-0.2, 0) is 9.59 Å². The van der Waals surface area contributed by atoms with Crippen molar-refractivity contribution >= 4 is 39.2 Å². The Morgan fingerprint density at radius 2 is 1.91 bits per heavy atom. The fourth-order valence-electron chi connectivity index (χ4n) is 3.52. The first kappa shape index (κ1) is 21.6. The van der Waals surface area contributed by atoms with E-state index in [0.29, 0.717) is 11.3 Å². The summed E-state index contributed by atoms with van der Waals surface area (Å²) in [6.45, 7) is 1.63. The smallest absolute Gasteiger partial charge is 0.301 e. The van der Waals surface area contributed by atoms with E-state index in [0.717, 1.165) is 17.0 Å². The van der Waals surface area contributed by atoms with Gasteiger partial charge in [0.05, 0.1) is 23.2 Å². The molecule has 1 atom stereocenters. The number of ketones is 1. The second-order valence-electron chi connectivity index (χ2n) is 7.03. The van der Waals surface area contributed by atoms with Crippen LogP contribution in [0.25, 0.3) is 5.76 Å². The van der Waals surface area contributed by atoms with Crippen molar-refractivity contribution in [2.45, 2.75) is 13.0 Å². The highest BCUT2D eigenvalue weighted by Gasteiger charge is 2.48. The Morgan fingerprint density at radius 3 is 2.50 bits per heavy atom. The summed E-state index contributed by atoms with van der Waals surface area (Å²) in [6.07, 6.45) is 0. The normalized spacial score (nSPS) is 17.8. The summed E-state index contributed by atoms with van der Waals surface area (Å²) >= 11 is 3.23. The van der Waals surface area contributed by atoms with Crippen molar-refractivity contribution in [2.24, 2.45) is 0 Å². The average Bonchev–Trinajstić information content (AvgIpc) is 3.31. The summed E-state index contributed by atoms with van der Waals surface area (Å²) in [5.41, 5.74) is 0.257. The minimum atomic E-state index is -1.13. The van der Waals surface area contributed by atoms with E-state index in [4.69, 9.17) is 9.26 Å². The maximum Gasteiger partial charge on any atom is 0.301 e. The topological polar surface area (TPSA) is 113 Å². The highest BCUT2D eigenvalue weighted by atomic mass is 79.9. The van der Waals surface area contributed by atoms with E-state index in [-0.39, 0.29) is 32.9 Å². The van der Waals surface area contributed by atoms with Crippen molar-refractivity contribution < 1.29 is 33.5 Å². The number of anilines is 1. The predicted molar refractivity (Wildman–Crippen MR) is 115 cm³/mol. The lowest BCUT2D eigenvalue weighted by Gasteiger charge is -2.23. The van der Waals surface area contributed by atoms with E-state index in [1.807, 2.05) is 0 Å². The molecule has 2 heterocycles. The number of carbonyl (C=O) groups is 2. The number of hydrogen-bond donors (Lipinski definition) is 2. The van der Waals surface area contributed by atoms with Crippen molar-refractivity contribution in [3.8, 4) is 11.5 Å². The second-order valence-corrected chi connectivity index (χ2v) is 7.88. The summed E-state index contributed by atoms with van der Waals surface area (Å²) in [7, 11) is 1.35. The molecule has 0 radical (unpaired) electrons. The first-order valence-electron chi connectivity index (χ1n) is 9.29. The largest absolute Gasteiger partial charge is 0.507 e. The molecule has 0 aliphatic carbocycles. The van der Waals surface area contributed by atoms with Gasteiger partial charge in [-0.25, -0.2) is 4.39 Å². The van der Waals surface area contributed by atoms with Crippen LogP contribution in [0.3, 0.4) is 0 Å². The Hall–Kier alpha value is -3.66. The number of ether oxygens (including phenoxy) is 1. The average molecular weight is 503 g/mol. The molecular weight excluding hydrogens is 487 g/mol. The van der Waals surface area contributed by atoms with Crippen LogP contribution in [0.2, 0.25) is 0 Å². The van der Waals surface area contributed by atoms with Gasteiger partial charge < -0.3 is 19.5 Å². The van der Waals surface area contributed by atoms with Crippen molar-refractivity contribution in [3.05, 3.63) is 75.2 Å². The number of phenols is 1. The van der Waals surface area contributed by atoms with Gasteiger partial charge in [-0.15, -0.1) is 0 Å². The standard InChI is InChI=1S/C22H16BrFN2O6/c1-10-7-16(25-32-10)26-18(12-8-14(23)20(28)15(9-12)31-2)17(21(29)22(26)30)19(27)11-3-5-13(24)6-4-11/h3-9,18,27-28H,1-2H3/b19-17-. The Kier molecular flexibility index (Phi) is 5.47. The number of methoxy groups -OCH3 is 1. The molecule has 2 N–H and O–H groups in total. The van der Waals surface area contributed by atoms with Crippen LogP contribution in [0.15, 0.2) is 57.0 Å². The molecule has 3 aromatic rings. The molecular formula is C22H16BrFN2O6. The monoisotopic (exact) mass is 502 g/mol. The fourth-order valence-corrected chi connectivity index (χ4v) is 3.98. The lowest BCUT2D eigenvalue weighted by atomic mass is 9.95. The highest BCUT2D eigenvalue weighted by Crippen LogP contribution is 2.45. The molecule has 0 spiro atoms. The summed E-state index contributed by atoms with van der Waals surface area (Å²) in [6, 6.07) is 8.12. The van der Waals surface area contributed by atoms with Crippen LogP contribution in [0.5, 0.6) is 11.5 Å². The van der Waals surface area contributed by atoms with Gasteiger partial charge in [0.1, 0.15) is 17.3 Å². The fraction of sp³-hybridized carbons (Fsp3) is 0.136. The second kappa shape index (κ2) is 8.12. The molecule has 10 heteroatoms. The molecule has 0 saturated carbocycles. The van der Waals surface area contributed by atoms with Gasteiger partial charge in [0, 0.05) is 11.6 Å². The number of Topliss-reactive ketones (excluding diaryl/α,β-unsaturated/α-hetero) is 1. The number of aliphatic hydroxyl groups is 1. The number of halogens is 2. The van der Waals surface area contributed by atoms with Gasteiger partial charge in [0.25, 0.3) is 5.78 Å². The van der Waals surface area contributed by atoms with Crippen molar-refractivity contribution in [1.82, 2.24) is 5.16 Å². The van der Waals surface area contributed by atoms with E-state index in [9.17, 15) is 24.2 Å². The van der Waals surface area contributed by atoms with Crippen LogP contribution in [0.1, 0.15) is 22.9 Å². The van der Waals surface area contributed by atoms with Crippen LogP contribution in [0, 0.1) is 12.7 Å². The lowest BCUT2D eigenvalue weighted by Crippen LogP contribution is -2.29. The molecule has 1 amide bonds. The first-order valence-corrected chi connectivity index (χ1v) is 10.1. The molecule has 1 unspecified atom stereocenters. The summed E-state index contributed by atoms with van der Waals surface area (Å²) < 4.78 is 23.9. The maximum absolute atomic E-state index is 13.4. The zero-order chi connectivity index (χ0) is 23.2. The molecule has 4 rings (SSSR count). The quantitative estimate of drug-likeness (QED) is 0.311. The van der Waals surface area contributed by atoms with Gasteiger partial charge >= 0.3 is 5.91 Å². The Morgan fingerprint density at radius 1 is 1.22 bits per heavy atom. The van der Waals surface area contributed by atoms with Crippen molar-refractivity contribution in [3.63, 3.8) is 0 Å². The third kappa shape index (κ3) is 3.52. The molecule has 1 aliphatic rings. The highest BCUT2D eigenvalue weighted by molar-refractivity contribution is 9.10. The Labute approximate surface area is 189 Å². The number of hydrogen-bond acceptors (Lipinski definition) is 7. The van der Waals surface area contributed by atoms with Gasteiger partial charge in [0.2, 0.25) is 0 Å². The molecule has 1 aliphatic heterocycles. The van der Waals surface area contributed by atoms with Gasteiger partial charge in [-0.05, 0) is 64.8 Å². The minimum absolute atomic E-state index is 0.0657. The lowest BCUT2D eigenvalue weighted by molar-refractivity contribution is -0.132. The minimum Gasteiger partial charge on any atom is -0.507 e. The van der Waals surface area contributed by atoms with Gasteiger partial charge in [0.15, 0.2) is 17.3 Å². The number of carbonyl (C=O) groups excluding carboxylic acids is 2. The molecule has 164 valence electrons. The van der Waals surface area contributed by atoms with Crippen LogP contribution < -0.4 is 9.64 Å². The number of aryl methyl sites for hydroxylation is 1. The van der Waals surface area contributed by atoms with E-state index in [1.54, 1.807) is 6.92 Å². The van der Waals surface area contributed by atoms with Crippen LogP contribution >= 0.6 is 15.9 Å². The predicted octanol–water partition coefficient (Wildman–Crippen LogP) is 4.23. The number of rotatable bonds is 4. The third-order valence-electron chi connectivity index (χ3n) is 5.01. The van der Waals surface area contributed by atoms with E-state index >= 15 is 0 Å². The molecule has 2 aromatic carbocycles. The number of aliphatic hydroxyl groups excluding tert-OH is 1. The van der Waals surface area contributed by atoms with E-state index in [1.165, 1.54) is 37.4 Å². The molecule has 1 aromatic heterocycles. The zero-order valence-corrected chi connectivity index (χ0v) is 18.4. The van der Waals surface area contributed by atoms with Crippen molar-refractivity contribution in [1.29, 1.82) is 0 Å². The summed E-state index contributed by atoms with van der Waals surface area (Å²) in [4.78, 5) is 27.1. The van der Waals surface area contributed by atoms with Crippen LogP contribution in [-0.4, -0.2) is 34.2 Å². The summed E-state index contributed by atoms with van der Waals surface area (Å²) in [5, 5.41) is 25.0. The van der Waals surface area contributed by atoms with Gasteiger partial charge in [-0.1, -0.05) is 5.16 Å². The number of phenolic OH excluding ortho intramolecular Hbond substituents is 1. The van der Waals surface area contributed by atoms with E-state index < -0.39 is 29.3 Å². The first-order chi connectivity index (χ1) is 15.2. The van der Waals surface area contributed by atoms with Gasteiger partial charge in [-0.2, -0.15) is 0 Å². The summed E-state index contributed by atoms with van der Waals surface area (Å²) in [5.74, 6) is -2.53.